The molecule has 3 heterocycles. The number of carbonyl (C=O) groups excluding carboxylic acids is 2. The molecule has 4 atom stereocenters. The Kier molecular flexibility index (Phi) is 12.8. The summed E-state index contributed by atoms with van der Waals surface area (Å²) in [6, 6.07) is 11.7. The van der Waals surface area contributed by atoms with Gasteiger partial charge in [0.1, 0.15) is 24.6 Å². The Balaban J connectivity index is 1.25. The standard InChI is InChI=1S/C36H42ClF4N5O7/c1-35(2,3)53-34(48)46-16-25(49-17-24(46)18-50-33(47)45-19-36(39,40)41)9-10-26-27(38)13-43-15-29(26)44-14-28(42)32(21-4-7-23(37)8-5-21)22-6-11-30-31(12-22)52-20-51-30/h4-8,11-13,15,24-25,28,32,44H,9-10,14,16-20,42H2,1-3H3,(H,45,47)/t24?,25?,28-,32-/m0/s1. The number of hydrogen-bond acceptors (Lipinski definition) is 10. The minimum absolute atomic E-state index is 0.00818. The number of morpholine rings is 1. The monoisotopic (exact) mass is 767 g/mol. The van der Waals surface area contributed by atoms with Gasteiger partial charge in [0.2, 0.25) is 6.79 Å². The van der Waals surface area contributed by atoms with Crippen LogP contribution in [0.15, 0.2) is 54.9 Å². The van der Waals surface area contributed by atoms with Crippen molar-refractivity contribution in [2.45, 2.75) is 69.5 Å². The fourth-order valence-electron chi connectivity index (χ4n) is 5.99. The molecule has 0 radical (unpaired) electrons. The van der Waals surface area contributed by atoms with Crippen molar-refractivity contribution >= 4 is 29.5 Å². The Morgan fingerprint density at radius 2 is 1.79 bits per heavy atom. The number of fused-ring (bicyclic) bond motifs is 1. The number of alkyl carbamates (subject to hydrolysis) is 1. The van der Waals surface area contributed by atoms with Gasteiger partial charge < -0.3 is 40.1 Å². The second-order valence-electron chi connectivity index (χ2n) is 13.7. The summed E-state index contributed by atoms with van der Waals surface area (Å²) in [5.41, 5.74) is 8.53. The Morgan fingerprint density at radius 3 is 2.51 bits per heavy atom. The number of hydrogen-bond donors (Lipinski definition) is 3. The number of pyridine rings is 1. The van der Waals surface area contributed by atoms with E-state index in [-0.39, 0.29) is 45.2 Å². The number of nitrogens with one attached hydrogen (secondary N) is 2. The van der Waals surface area contributed by atoms with Gasteiger partial charge in [0.25, 0.3) is 0 Å². The highest BCUT2D eigenvalue weighted by Gasteiger charge is 2.36. The average Bonchev–Trinajstić information content (AvgIpc) is 3.57. The Labute approximate surface area is 309 Å². The maximum atomic E-state index is 15.3. The first-order chi connectivity index (χ1) is 25.1. The van der Waals surface area contributed by atoms with E-state index in [9.17, 15) is 22.8 Å². The number of aromatic nitrogens is 1. The molecule has 2 aromatic carbocycles. The van der Waals surface area contributed by atoms with E-state index in [1.165, 1.54) is 11.1 Å². The molecule has 1 aromatic heterocycles. The Hall–Kier alpha value is -4.54. The fourth-order valence-corrected chi connectivity index (χ4v) is 6.12. The topological polar surface area (TPSA) is 147 Å². The second-order valence-corrected chi connectivity index (χ2v) is 14.1. The van der Waals surface area contributed by atoms with Gasteiger partial charge in [-0.1, -0.05) is 29.8 Å². The van der Waals surface area contributed by atoms with Crippen molar-refractivity contribution in [3.63, 3.8) is 0 Å². The molecule has 5 rings (SSSR count). The van der Waals surface area contributed by atoms with E-state index in [0.29, 0.717) is 27.8 Å². The van der Waals surface area contributed by atoms with Gasteiger partial charge in [-0.2, -0.15) is 13.2 Å². The van der Waals surface area contributed by atoms with Crippen LogP contribution in [0.5, 0.6) is 11.5 Å². The number of amides is 2. The molecule has 2 aliphatic heterocycles. The summed E-state index contributed by atoms with van der Waals surface area (Å²) in [6.07, 6.45) is -4.15. The van der Waals surface area contributed by atoms with Gasteiger partial charge in [-0.05, 0) is 69.0 Å². The van der Waals surface area contributed by atoms with Crippen molar-refractivity contribution in [3.05, 3.63) is 82.4 Å². The summed E-state index contributed by atoms with van der Waals surface area (Å²) < 4.78 is 80.4. The van der Waals surface area contributed by atoms with Crippen LogP contribution in [0.1, 0.15) is 49.8 Å². The highest BCUT2D eigenvalue weighted by molar-refractivity contribution is 6.30. The van der Waals surface area contributed by atoms with E-state index in [2.05, 4.69) is 10.3 Å². The zero-order valence-corrected chi connectivity index (χ0v) is 30.1. The first kappa shape index (κ1) is 39.7. The molecule has 0 aliphatic carbocycles. The van der Waals surface area contributed by atoms with Crippen LogP contribution in [0.25, 0.3) is 0 Å². The molecule has 12 nitrogen and oxygen atoms in total. The van der Waals surface area contributed by atoms with Gasteiger partial charge in [0.05, 0.1) is 43.4 Å². The molecule has 4 N–H and O–H groups in total. The molecule has 0 saturated carbocycles. The van der Waals surface area contributed by atoms with Crippen LogP contribution in [0, 0.1) is 5.82 Å². The number of anilines is 1. The average molecular weight is 768 g/mol. The third kappa shape index (κ3) is 11.2. The molecule has 2 unspecified atom stereocenters. The van der Waals surface area contributed by atoms with Gasteiger partial charge in [-0.25, -0.2) is 14.0 Å². The quantitative estimate of drug-likeness (QED) is 0.177. The number of carbonyl (C=O) groups is 2. The minimum Gasteiger partial charge on any atom is -0.454 e. The van der Waals surface area contributed by atoms with Gasteiger partial charge in [0.15, 0.2) is 11.5 Å². The van der Waals surface area contributed by atoms with Crippen LogP contribution in [0.4, 0.5) is 32.8 Å². The molecule has 17 heteroatoms. The molecule has 53 heavy (non-hydrogen) atoms. The maximum absolute atomic E-state index is 15.3. The van der Waals surface area contributed by atoms with Crippen molar-refractivity contribution in [2.75, 3.05) is 45.0 Å². The zero-order chi connectivity index (χ0) is 38.3. The fraction of sp³-hybridized carbons (Fsp3) is 0.472. The second kappa shape index (κ2) is 17.1. The lowest BCUT2D eigenvalue weighted by molar-refractivity contribution is -0.124. The smallest absolute Gasteiger partial charge is 0.410 e. The lowest BCUT2D eigenvalue weighted by Gasteiger charge is -2.39. The van der Waals surface area contributed by atoms with Crippen molar-refractivity contribution in [1.82, 2.24) is 15.2 Å². The lowest BCUT2D eigenvalue weighted by Crippen LogP contribution is -2.55. The maximum Gasteiger partial charge on any atom is 0.410 e. The van der Waals surface area contributed by atoms with E-state index in [0.717, 1.165) is 17.3 Å². The van der Waals surface area contributed by atoms with E-state index in [4.69, 9.17) is 41.0 Å². The molecular formula is C36H42ClF4N5O7. The summed E-state index contributed by atoms with van der Waals surface area (Å²) in [6.45, 7) is 3.26. The summed E-state index contributed by atoms with van der Waals surface area (Å²) >= 11 is 6.17. The third-order valence-corrected chi connectivity index (χ3v) is 8.75. The first-order valence-corrected chi connectivity index (χ1v) is 17.3. The SMILES string of the molecule is CC(C)(C)OC(=O)N1CC(CCc2c(F)cncc2NC[C@H](N)[C@@H](c2ccc(Cl)cc2)c2ccc3c(c2)OCO3)OCC1COC(=O)NCC(F)(F)F. The van der Waals surface area contributed by atoms with Crippen molar-refractivity contribution < 1.29 is 50.8 Å². The molecule has 0 spiro atoms. The normalized spacial score (nSPS) is 18.2. The largest absolute Gasteiger partial charge is 0.454 e. The summed E-state index contributed by atoms with van der Waals surface area (Å²) in [5.74, 6) is 0.391. The molecule has 1 fully saturated rings. The van der Waals surface area contributed by atoms with Gasteiger partial charge >= 0.3 is 18.4 Å². The number of halogens is 5. The molecule has 3 aromatic rings. The third-order valence-electron chi connectivity index (χ3n) is 8.50. The van der Waals surface area contributed by atoms with E-state index >= 15 is 4.39 Å². The van der Waals surface area contributed by atoms with E-state index in [1.54, 1.807) is 38.2 Å². The van der Waals surface area contributed by atoms with Crippen LogP contribution < -0.4 is 25.8 Å². The summed E-state index contributed by atoms with van der Waals surface area (Å²) in [5, 5.41) is 5.47. The van der Waals surface area contributed by atoms with Crippen molar-refractivity contribution in [3.8, 4) is 11.5 Å². The number of nitrogens with zero attached hydrogens (tertiary/aromatic N) is 2. The number of nitrogens with two attached hydrogens (primary N) is 1. The van der Waals surface area contributed by atoms with Crippen LogP contribution in [0.3, 0.4) is 0 Å². The number of benzene rings is 2. The number of alkyl halides is 3. The lowest BCUT2D eigenvalue weighted by atomic mass is 9.85. The van der Waals surface area contributed by atoms with Gasteiger partial charge in [-0.15, -0.1) is 0 Å². The molecule has 288 valence electrons. The molecule has 1 saturated heterocycles. The summed E-state index contributed by atoms with van der Waals surface area (Å²) in [4.78, 5) is 30.4. The summed E-state index contributed by atoms with van der Waals surface area (Å²) in [7, 11) is 0. The van der Waals surface area contributed by atoms with E-state index in [1.807, 2.05) is 30.3 Å². The predicted octanol–water partition coefficient (Wildman–Crippen LogP) is 6.40. The highest BCUT2D eigenvalue weighted by atomic mass is 35.5. The predicted molar refractivity (Wildman–Crippen MR) is 187 cm³/mol. The van der Waals surface area contributed by atoms with Crippen molar-refractivity contribution in [2.24, 2.45) is 5.73 Å². The molecule has 2 aliphatic rings. The van der Waals surface area contributed by atoms with Crippen molar-refractivity contribution in [1.29, 1.82) is 0 Å². The zero-order valence-electron chi connectivity index (χ0n) is 29.4. The Morgan fingerprint density at radius 1 is 1.08 bits per heavy atom. The molecule has 2 amide bonds. The molecular weight excluding hydrogens is 726 g/mol. The van der Waals surface area contributed by atoms with E-state index < -0.39 is 61.1 Å². The van der Waals surface area contributed by atoms with Crippen LogP contribution >= 0.6 is 11.6 Å². The van der Waals surface area contributed by atoms with Gasteiger partial charge in [0, 0.05) is 29.1 Å². The first-order valence-electron chi connectivity index (χ1n) is 16.9. The molecule has 0 bridgehead atoms. The van der Waals surface area contributed by atoms with Gasteiger partial charge in [-0.3, -0.25) is 9.88 Å². The minimum atomic E-state index is -4.62. The number of rotatable bonds is 12. The Bertz CT molecular complexity index is 1730. The van der Waals surface area contributed by atoms with Crippen LogP contribution in [-0.4, -0.2) is 91.7 Å². The highest BCUT2D eigenvalue weighted by Crippen LogP contribution is 2.38. The van der Waals surface area contributed by atoms with Crippen LogP contribution in [-0.2, 0) is 20.6 Å². The van der Waals surface area contributed by atoms with Crippen LogP contribution in [0.2, 0.25) is 5.02 Å². The number of ether oxygens (including phenoxy) is 5.